The molecule has 1 aliphatic rings. The first-order valence-corrected chi connectivity index (χ1v) is 5.87. The van der Waals surface area contributed by atoms with Crippen LogP contribution in [0.25, 0.3) is 0 Å². The molecule has 0 aliphatic carbocycles. The van der Waals surface area contributed by atoms with Gasteiger partial charge in [0.15, 0.2) is 0 Å². The lowest BCUT2D eigenvalue weighted by Gasteiger charge is -2.21. The van der Waals surface area contributed by atoms with Crippen molar-refractivity contribution in [3.8, 4) is 0 Å². The van der Waals surface area contributed by atoms with E-state index in [-0.39, 0.29) is 12.5 Å². The highest BCUT2D eigenvalue weighted by atomic mass is 35.5. The summed E-state index contributed by atoms with van der Waals surface area (Å²) >= 11 is 12.0. The van der Waals surface area contributed by atoms with Crippen LogP contribution >= 0.6 is 23.2 Å². The number of nitrogens with zero attached hydrogens (tertiary/aromatic N) is 1. The molecule has 2 rings (SSSR count). The van der Waals surface area contributed by atoms with Crippen LogP contribution in [0, 0.1) is 11.7 Å². The summed E-state index contributed by atoms with van der Waals surface area (Å²) in [4.78, 5) is 1.99. The van der Waals surface area contributed by atoms with E-state index in [2.05, 4.69) is 0 Å². The van der Waals surface area contributed by atoms with Gasteiger partial charge in [0.25, 0.3) is 0 Å². The van der Waals surface area contributed by atoms with Crippen LogP contribution in [-0.4, -0.2) is 24.8 Å². The van der Waals surface area contributed by atoms with Crippen molar-refractivity contribution in [3.63, 3.8) is 0 Å². The van der Waals surface area contributed by atoms with E-state index in [1.54, 1.807) is 0 Å². The molecule has 0 saturated carbocycles. The summed E-state index contributed by atoms with van der Waals surface area (Å²) in [6.07, 6.45) is 0.903. The molecule has 0 spiro atoms. The molecule has 1 aromatic rings. The first-order valence-electron chi connectivity index (χ1n) is 5.12. The van der Waals surface area contributed by atoms with Gasteiger partial charge in [-0.3, -0.25) is 0 Å². The van der Waals surface area contributed by atoms with Crippen LogP contribution in [0.5, 0.6) is 0 Å². The average molecular weight is 264 g/mol. The van der Waals surface area contributed by atoms with E-state index in [1.807, 2.05) is 4.90 Å². The van der Waals surface area contributed by atoms with Gasteiger partial charge in [0, 0.05) is 25.6 Å². The number of halogens is 3. The molecule has 0 aromatic heterocycles. The summed E-state index contributed by atoms with van der Waals surface area (Å²) in [5.74, 6) is -0.186. The highest BCUT2D eigenvalue weighted by Crippen LogP contribution is 2.37. The van der Waals surface area contributed by atoms with Crippen LogP contribution in [0.15, 0.2) is 12.1 Å². The second-order valence-electron chi connectivity index (χ2n) is 4.00. The standard InChI is InChI=1S/C11H12Cl2FNO/c12-9-3-8(14)4-10(13)11(9)15-2-1-7(5-15)6-16/h3-4,7,16H,1-2,5-6H2. The van der Waals surface area contributed by atoms with Gasteiger partial charge in [-0.25, -0.2) is 4.39 Å². The smallest absolute Gasteiger partial charge is 0.126 e. The molecule has 1 N–H and O–H groups in total. The Labute approximate surface area is 104 Å². The quantitative estimate of drug-likeness (QED) is 0.887. The van der Waals surface area contributed by atoms with Gasteiger partial charge in [-0.05, 0) is 18.6 Å². The largest absolute Gasteiger partial charge is 0.396 e. The number of aliphatic hydroxyl groups excluding tert-OH is 1. The molecule has 0 bridgehead atoms. The van der Waals surface area contributed by atoms with Crippen molar-refractivity contribution in [3.05, 3.63) is 28.0 Å². The third kappa shape index (κ3) is 2.26. The molecule has 1 atom stereocenters. The van der Waals surface area contributed by atoms with Crippen LogP contribution in [-0.2, 0) is 0 Å². The number of hydrogen-bond donors (Lipinski definition) is 1. The lowest BCUT2D eigenvalue weighted by atomic mass is 10.1. The van der Waals surface area contributed by atoms with E-state index in [9.17, 15) is 4.39 Å². The lowest BCUT2D eigenvalue weighted by Crippen LogP contribution is -2.21. The van der Waals surface area contributed by atoms with Gasteiger partial charge in [0.1, 0.15) is 5.82 Å². The van der Waals surface area contributed by atoms with Gasteiger partial charge in [-0.15, -0.1) is 0 Å². The van der Waals surface area contributed by atoms with Crippen molar-refractivity contribution in [2.45, 2.75) is 6.42 Å². The van der Waals surface area contributed by atoms with E-state index in [0.717, 1.165) is 13.0 Å². The fourth-order valence-electron chi connectivity index (χ4n) is 2.02. The van der Waals surface area contributed by atoms with Crippen molar-refractivity contribution in [2.75, 3.05) is 24.6 Å². The minimum absolute atomic E-state index is 0.160. The maximum Gasteiger partial charge on any atom is 0.126 e. The summed E-state index contributed by atoms with van der Waals surface area (Å²) in [5, 5.41) is 9.71. The van der Waals surface area contributed by atoms with Crippen molar-refractivity contribution < 1.29 is 9.50 Å². The minimum atomic E-state index is -0.434. The van der Waals surface area contributed by atoms with Crippen LogP contribution in [0.3, 0.4) is 0 Å². The van der Waals surface area contributed by atoms with Crippen LogP contribution in [0.4, 0.5) is 10.1 Å². The molecule has 1 saturated heterocycles. The Morgan fingerprint density at radius 2 is 2.00 bits per heavy atom. The summed E-state index contributed by atoms with van der Waals surface area (Å²) in [6.45, 7) is 1.66. The summed E-state index contributed by atoms with van der Waals surface area (Å²) in [6, 6.07) is 2.52. The van der Waals surface area contributed by atoms with E-state index < -0.39 is 5.82 Å². The first-order chi connectivity index (χ1) is 7.61. The molecule has 0 amide bonds. The summed E-state index contributed by atoms with van der Waals surface area (Å²) in [5.41, 5.74) is 0.667. The molecule has 1 aromatic carbocycles. The second-order valence-corrected chi connectivity index (χ2v) is 4.82. The van der Waals surface area contributed by atoms with Gasteiger partial charge in [-0.1, -0.05) is 23.2 Å². The number of rotatable bonds is 2. The first kappa shape index (κ1) is 12.0. The van der Waals surface area contributed by atoms with E-state index in [0.29, 0.717) is 22.3 Å². The third-order valence-corrected chi connectivity index (χ3v) is 3.42. The maximum atomic E-state index is 13.0. The fourth-order valence-corrected chi connectivity index (χ4v) is 2.72. The molecule has 1 aliphatic heterocycles. The molecule has 88 valence electrons. The molecular formula is C11H12Cl2FNO. The number of anilines is 1. The molecule has 5 heteroatoms. The highest BCUT2D eigenvalue weighted by Gasteiger charge is 2.25. The molecule has 1 fully saturated rings. The Balaban J connectivity index is 2.28. The zero-order chi connectivity index (χ0) is 11.7. The predicted molar refractivity (Wildman–Crippen MR) is 63.8 cm³/mol. The van der Waals surface area contributed by atoms with Gasteiger partial charge in [0.05, 0.1) is 15.7 Å². The molecule has 1 unspecified atom stereocenters. The highest BCUT2D eigenvalue weighted by molar-refractivity contribution is 6.39. The van der Waals surface area contributed by atoms with Gasteiger partial charge >= 0.3 is 0 Å². The molecule has 16 heavy (non-hydrogen) atoms. The van der Waals surface area contributed by atoms with Gasteiger partial charge in [-0.2, -0.15) is 0 Å². The Morgan fingerprint density at radius 1 is 1.38 bits per heavy atom. The number of hydrogen-bond acceptors (Lipinski definition) is 2. The van der Waals surface area contributed by atoms with E-state index in [4.69, 9.17) is 28.3 Å². The Bertz CT molecular complexity index is 377. The fraction of sp³-hybridized carbons (Fsp3) is 0.455. The van der Waals surface area contributed by atoms with Gasteiger partial charge in [0.2, 0.25) is 0 Å². The molecule has 2 nitrogen and oxygen atoms in total. The Morgan fingerprint density at radius 3 is 2.50 bits per heavy atom. The maximum absolute atomic E-state index is 13.0. The topological polar surface area (TPSA) is 23.5 Å². The third-order valence-electron chi connectivity index (χ3n) is 2.84. The molecule has 0 radical (unpaired) electrons. The monoisotopic (exact) mass is 263 g/mol. The van der Waals surface area contributed by atoms with Crippen LogP contribution in [0.2, 0.25) is 10.0 Å². The number of aliphatic hydroxyl groups is 1. The molecule has 1 heterocycles. The van der Waals surface area contributed by atoms with E-state index >= 15 is 0 Å². The van der Waals surface area contributed by atoms with Crippen molar-refractivity contribution in [2.24, 2.45) is 5.92 Å². The Kier molecular flexibility index (Phi) is 3.57. The van der Waals surface area contributed by atoms with Gasteiger partial charge < -0.3 is 10.0 Å². The van der Waals surface area contributed by atoms with Crippen LogP contribution in [0.1, 0.15) is 6.42 Å². The van der Waals surface area contributed by atoms with Crippen molar-refractivity contribution >= 4 is 28.9 Å². The SMILES string of the molecule is OCC1CCN(c2c(Cl)cc(F)cc2Cl)C1. The number of benzene rings is 1. The average Bonchev–Trinajstić information content (AvgIpc) is 2.64. The van der Waals surface area contributed by atoms with Crippen molar-refractivity contribution in [1.29, 1.82) is 0 Å². The summed E-state index contributed by atoms with van der Waals surface area (Å²) < 4.78 is 13.0. The van der Waals surface area contributed by atoms with E-state index in [1.165, 1.54) is 12.1 Å². The zero-order valence-corrected chi connectivity index (χ0v) is 10.1. The normalized spacial score (nSPS) is 20.5. The molecular weight excluding hydrogens is 252 g/mol. The summed E-state index contributed by atoms with van der Waals surface area (Å²) in [7, 11) is 0. The second kappa shape index (κ2) is 4.78. The Hall–Kier alpha value is -0.510. The van der Waals surface area contributed by atoms with Crippen molar-refractivity contribution in [1.82, 2.24) is 0 Å². The minimum Gasteiger partial charge on any atom is -0.396 e. The zero-order valence-electron chi connectivity index (χ0n) is 8.59. The predicted octanol–water partition coefficient (Wildman–Crippen LogP) is 2.95. The van der Waals surface area contributed by atoms with Crippen LogP contribution < -0.4 is 4.90 Å². The lowest BCUT2D eigenvalue weighted by molar-refractivity contribution is 0.238.